The van der Waals surface area contributed by atoms with Gasteiger partial charge in [-0.1, -0.05) is 10.1 Å². The van der Waals surface area contributed by atoms with Crippen molar-refractivity contribution in [1.29, 1.82) is 0 Å². The standard InChI is InChI=1S/C51H38N14O24S4/c1-19-52-48(60-50(54-19)58-34-16-26(92(79,80)81)10-23-13-37(91-89-87-78)41(43(68)38(23)34)65-63-33-15-25(85-18-66)5-7-29(33)46(73)74)56-24-4-8-31(30(14-24)47(75)76)57-49-53-20(2)55-51(61-49)59-35-17-27(93(82,83)84)9-22-12-36(90-88-86-77)40(42(67)39(22)35)64-62-32-11-21(44(69)70)3-6-28(32)45(71)72/h3-17,66-68,77-78H,18H2,1-2H3,(H,69,70)(H,71,72)(H,73,74)(H,75,76)(H,79,80,81)(H,82,83,84)(H2,52,54,56,58,60)(H2,53,55,57,59,61). The number of aromatic hydroxyl groups is 2. The van der Waals surface area contributed by atoms with Gasteiger partial charge < -0.3 is 61.7 Å². The van der Waals surface area contributed by atoms with Gasteiger partial charge in [0.05, 0.1) is 83.0 Å². The third-order valence-corrected chi connectivity index (χ3v) is 15.2. The van der Waals surface area contributed by atoms with Gasteiger partial charge in [-0.15, -0.1) is 29.1 Å². The number of benzene rings is 7. The number of anilines is 8. The Morgan fingerprint density at radius 1 is 0.505 bits per heavy atom. The fraction of sp³-hybridized carbons (Fsp3) is 0.0588. The van der Waals surface area contributed by atoms with Crippen LogP contribution >= 0.6 is 24.1 Å². The minimum absolute atomic E-state index is 0.0149. The second-order valence-corrected chi connectivity index (χ2v) is 22.6. The van der Waals surface area contributed by atoms with Crippen molar-refractivity contribution in [2.45, 2.75) is 33.4 Å². The summed E-state index contributed by atoms with van der Waals surface area (Å²) in [6, 6.07) is 15.8. The molecule has 0 saturated carbocycles. The molecule has 2 heterocycles. The van der Waals surface area contributed by atoms with Crippen LogP contribution in [0.5, 0.6) is 17.2 Å². The third-order valence-electron chi connectivity index (χ3n) is 12.3. The molecule has 0 fully saturated rings. The monoisotopic (exact) mass is 1360 g/mol. The number of azo groups is 2. The summed E-state index contributed by atoms with van der Waals surface area (Å²) in [6.45, 7) is 1.99. The van der Waals surface area contributed by atoms with Crippen LogP contribution in [0.15, 0.2) is 131 Å². The van der Waals surface area contributed by atoms with E-state index in [0.29, 0.717) is 0 Å². The highest BCUT2D eigenvalue weighted by molar-refractivity contribution is 7.95. The van der Waals surface area contributed by atoms with Crippen LogP contribution in [0.2, 0.25) is 0 Å². The number of aryl methyl sites for hydroxylation is 2. The molecular weight excluding hydrogens is 1320 g/mol. The molecule has 93 heavy (non-hydrogen) atoms. The molecule has 7 aromatic carbocycles. The van der Waals surface area contributed by atoms with Crippen molar-refractivity contribution in [3.05, 3.63) is 125 Å². The Morgan fingerprint density at radius 3 is 1.38 bits per heavy atom. The molecule has 0 atom stereocenters. The van der Waals surface area contributed by atoms with Crippen LogP contribution in [0.1, 0.15) is 53.1 Å². The smallest absolute Gasteiger partial charge is 0.337 e. The maximum Gasteiger partial charge on any atom is 0.337 e. The van der Waals surface area contributed by atoms with Gasteiger partial charge >= 0.3 is 23.9 Å². The highest BCUT2D eigenvalue weighted by atomic mass is 32.2. The Labute approximate surface area is 525 Å². The number of carboxylic acid groups (broad SMARTS) is 4. The largest absolute Gasteiger partial charge is 0.505 e. The number of phenols is 2. The lowest BCUT2D eigenvalue weighted by Gasteiger charge is -2.16. The van der Waals surface area contributed by atoms with Crippen molar-refractivity contribution in [2.75, 3.05) is 28.1 Å². The predicted octanol–water partition coefficient (Wildman–Crippen LogP) is 9.67. The number of ether oxygens (including phenoxy) is 1. The number of nitrogens with one attached hydrogen (secondary N) is 4. The van der Waals surface area contributed by atoms with Gasteiger partial charge in [0.2, 0.25) is 23.8 Å². The lowest BCUT2D eigenvalue weighted by atomic mass is 10.1. The van der Waals surface area contributed by atoms with Crippen LogP contribution in [0.4, 0.5) is 69.3 Å². The number of hydrogen-bond acceptors (Lipinski definition) is 34. The van der Waals surface area contributed by atoms with E-state index in [0.717, 1.165) is 72.8 Å². The molecule has 480 valence electrons. The van der Waals surface area contributed by atoms with E-state index in [4.69, 9.17) is 15.3 Å². The van der Waals surface area contributed by atoms with Gasteiger partial charge in [-0.3, -0.25) is 9.11 Å². The minimum atomic E-state index is -5.06. The van der Waals surface area contributed by atoms with E-state index in [1.807, 2.05) is 0 Å². The Morgan fingerprint density at radius 2 is 0.946 bits per heavy atom. The number of nitrogens with zero attached hydrogens (tertiary/aromatic N) is 10. The molecule has 0 bridgehead atoms. The average molecular weight is 1360 g/mol. The van der Waals surface area contributed by atoms with Gasteiger partial charge in [0.15, 0.2) is 18.3 Å². The molecule has 0 spiro atoms. The van der Waals surface area contributed by atoms with Gasteiger partial charge in [-0.2, -0.15) is 46.7 Å². The summed E-state index contributed by atoms with van der Waals surface area (Å²) in [7, 11) is -10.1. The van der Waals surface area contributed by atoms with E-state index in [1.54, 1.807) is 0 Å². The quantitative estimate of drug-likeness (QED) is 0.00598. The summed E-state index contributed by atoms with van der Waals surface area (Å²) in [6.07, 6.45) is 0. The first kappa shape index (κ1) is 66.4. The highest BCUT2D eigenvalue weighted by Gasteiger charge is 2.26. The van der Waals surface area contributed by atoms with E-state index in [-0.39, 0.29) is 119 Å². The van der Waals surface area contributed by atoms with Crippen molar-refractivity contribution in [3.8, 4) is 17.2 Å². The zero-order chi connectivity index (χ0) is 67.2. The van der Waals surface area contributed by atoms with Crippen molar-refractivity contribution in [1.82, 2.24) is 29.9 Å². The number of aromatic nitrogens is 6. The molecule has 0 radical (unpaired) electrons. The maximum atomic E-state index is 12.9. The second kappa shape index (κ2) is 27.6. The van der Waals surface area contributed by atoms with Crippen LogP contribution in [0.25, 0.3) is 21.5 Å². The molecule has 0 aliphatic heterocycles. The van der Waals surface area contributed by atoms with Crippen molar-refractivity contribution in [2.24, 2.45) is 20.5 Å². The zero-order valence-corrected chi connectivity index (χ0v) is 49.5. The number of carboxylic acids is 4. The van der Waals surface area contributed by atoms with Crippen LogP contribution in [-0.4, -0.2) is 133 Å². The maximum absolute atomic E-state index is 12.9. The van der Waals surface area contributed by atoms with Crippen LogP contribution in [-0.2, 0) is 39.0 Å². The SMILES string of the molecule is Cc1nc(Nc2ccc(Nc3nc(C)nc(Nc4cc(S(=O)(=O)O)cc5cc(SOOO)c(N=Nc6cc(C(=O)O)ccc6C(=O)O)c(O)c45)n3)c(C(=O)O)c2)nc(Nc2cc(S(=O)(=O)O)cc3cc(SOOO)c(N=Nc4cc(OCO)ccc4C(=O)O)c(O)c23)n1. The number of aliphatic hydroxyl groups excluding tert-OH is 1. The van der Waals surface area contributed by atoms with Gasteiger partial charge in [0, 0.05) is 22.5 Å². The molecule has 9 aromatic rings. The lowest BCUT2D eigenvalue weighted by Crippen LogP contribution is -2.10. The van der Waals surface area contributed by atoms with Crippen molar-refractivity contribution >= 4 is 159 Å². The fourth-order valence-electron chi connectivity index (χ4n) is 8.50. The van der Waals surface area contributed by atoms with E-state index in [2.05, 4.69) is 90.4 Å². The summed E-state index contributed by atoms with van der Waals surface area (Å²) in [5.41, 5.74) is -4.52. The molecule has 0 amide bonds. The van der Waals surface area contributed by atoms with E-state index in [9.17, 15) is 80.9 Å². The van der Waals surface area contributed by atoms with Gasteiger partial charge in [-0.25, -0.2) is 29.7 Å². The first-order valence-corrected chi connectivity index (χ1v) is 29.4. The topological polar surface area (TPSA) is 580 Å². The minimum Gasteiger partial charge on any atom is -0.505 e. The number of rotatable bonds is 26. The molecule has 0 aliphatic carbocycles. The summed E-state index contributed by atoms with van der Waals surface area (Å²) < 4.78 is 85.0. The van der Waals surface area contributed by atoms with Gasteiger partial charge in [0.25, 0.3) is 20.2 Å². The first-order chi connectivity index (χ1) is 44.1. The van der Waals surface area contributed by atoms with Crippen LogP contribution < -0.4 is 26.0 Å². The average Bonchev–Trinajstić information content (AvgIpc) is 0.765. The molecule has 42 heteroatoms. The molecule has 2 aromatic heterocycles. The highest BCUT2D eigenvalue weighted by Crippen LogP contribution is 2.50. The van der Waals surface area contributed by atoms with Crippen molar-refractivity contribution in [3.63, 3.8) is 0 Å². The molecule has 0 saturated heterocycles. The Hall–Kier alpha value is -11.0. The molecule has 9 rings (SSSR count). The number of aliphatic hydroxyl groups is 1. The van der Waals surface area contributed by atoms with Crippen LogP contribution in [0.3, 0.4) is 0 Å². The summed E-state index contributed by atoms with van der Waals surface area (Å²) >= 11 is 0.402. The fourth-order valence-corrected chi connectivity index (χ4v) is 10.6. The third kappa shape index (κ3) is 15.4. The predicted molar refractivity (Wildman–Crippen MR) is 318 cm³/mol. The number of fused-ring (bicyclic) bond motifs is 2. The normalized spacial score (nSPS) is 11.8. The Balaban J connectivity index is 1.04. The van der Waals surface area contributed by atoms with Gasteiger partial charge in [0.1, 0.15) is 40.1 Å². The number of hydrogen-bond donors (Lipinski definition) is 15. The Kier molecular flexibility index (Phi) is 19.7. The van der Waals surface area contributed by atoms with E-state index < -0.39 is 117 Å². The van der Waals surface area contributed by atoms with Crippen LogP contribution in [0, 0.1) is 13.8 Å². The van der Waals surface area contributed by atoms with E-state index in [1.165, 1.54) is 32.0 Å². The molecule has 0 unspecified atom stereocenters. The number of aromatic carboxylic acids is 4. The molecule has 0 aliphatic rings. The number of phenolic OH excluding ortho intramolecular Hbond substituents is 2. The van der Waals surface area contributed by atoms with E-state index >= 15 is 0 Å². The first-order valence-electron chi connectivity index (χ1n) is 25.0. The second-order valence-electron chi connectivity index (χ2n) is 18.3. The molecular formula is C51H38N14O24S4. The Bertz CT molecular complexity index is 4860. The molecule has 15 N–H and O–H groups in total. The summed E-state index contributed by atoms with van der Waals surface area (Å²) in [4.78, 5) is 72.2. The van der Waals surface area contributed by atoms with Crippen molar-refractivity contribution < 1.29 is 115 Å². The zero-order valence-electron chi connectivity index (χ0n) is 46.2. The lowest BCUT2D eigenvalue weighted by molar-refractivity contribution is -0.432. The summed E-state index contributed by atoms with van der Waals surface area (Å²) in [5.74, 6) is -9.14. The number of carbonyl (C=O) groups is 4. The summed E-state index contributed by atoms with van der Waals surface area (Å²) in [5, 5.41) is 124. The molecule has 38 nitrogen and oxygen atoms in total. The van der Waals surface area contributed by atoms with Gasteiger partial charge in [-0.05, 0) is 110 Å².